The smallest absolute Gasteiger partial charge is 0.326 e. The molecule has 0 aromatic heterocycles. The first-order valence-corrected chi connectivity index (χ1v) is 18.8. The molecule has 342 valence electrons. The number of ether oxygens (including phenoxy) is 4. The molecule has 15 N–H and O–H groups in total. The quantitative estimate of drug-likeness (QED) is 0.0454. The monoisotopic (exact) mass is 868 g/mol. The van der Waals surface area contributed by atoms with Crippen LogP contribution in [0.4, 0.5) is 0 Å². The third-order valence-electron chi connectivity index (χ3n) is 9.47. The standard InChI is InChI=1S/C34H56N6O20/c1-12(28(48)40-18(32(54)55)8-9-21(45)39-17(31(52)53)7-5-6-16(35)30(50)51)36-29(49)13(2)57-27-23(38-15(4)44)33(56)58-20(11-42)26(27)60-34-22(37-14(3)43)25(47)24(46)19(10-41)59-34/h12-13,16-20,22-27,33-34,41-42,46-47,56H,5-11,35H2,1-4H3,(H,36,49)(H,37,43)(H,38,44)(H,39,45)(H,40,48)(H,50,51)(H,52,53)(H,54,55)/t12-,13+,16+,17-,18+,19+,20+,22+,23+,24+,25+,26+,27+,33?,34-/m0/s1. The van der Waals surface area contributed by atoms with E-state index in [9.17, 15) is 74.1 Å². The molecule has 2 saturated heterocycles. The van der Waals surface area contributed by atoms with Gasteiger partial charge in [-0.25, -0.2) is 9.59 Å². The third kappa shape index (κ3) is 15.1. The summed E-state index contributed by atoms with van der Waals surface area (Å²) in [5.74, 6) is -8.68. The van der Waals surface area contributed by atoms with E-state index in [1.807, 2.05) is 0 Å². The van der Waals surface area contributed by atoms with Crippen LogP contribution >= 0.6 is 0 Å². The first-order chi connectivity index (χ1) is 28.0. The highest BCUT2D eigenvalue weighted by atomic mass is 16.7. The number of amides is 5. The minimum atomic E-state index is -1.89. The van der Waals surface area contributed by atoms with Gasteiger partial charge in [0.2, 0.25) is 29.5 Å². The summed E-state index contributed by atoms with van der Waals surface area (Å²) >= 11 is 0. The second-order valence-corrected chi connectivity index (χ2v) is 14.3. The SMILES string of the molecule is CC(=O)N[C@H]1[C@H](O[C@H]2[C@H](O[C@H](C)C(=O)N[C@@H](C)C(=O)N[C@H](CCC(=O)N[C@@H](CCC[C@@H](N)C(=O)O)C(=O)O)C(=O)O)[C@@H](NC(C)=O)C(O)O[C@@H]2CO)O[C@H](CO)[C@@H](O)[C@@H]1O. The number of carboxylic acid groups (broad SMARTS) is 3. The summed E-state index contributed by atoms with van der Waals surface area (Å²) in [6, 6.07) is -8.87. The number of hydrogen-bond donors (Lipinski definition) is 14. The van der Waals surface area contributed by atoms with Crippen molar-refractivity contribution in [2.24, 2.45) is 5.73 Å². The highest BCUT2D eigenvalue weighted by Gasteiger charge is 2.53. The molecule has 26 heteroatoms. The highest BCUT2D eigenvalue weighted by molar-refractivity contribution is 5.91. The van der Waals surface area contributed by atoms with Gasteiger partial charge in [0, 0.05) is 20.3 Å². The summed E-state index contributed by atoms with van der Waals surface area (Å²) in [5.41, 5.74) is 5.40. The maximum atomic E-state index is 13.4. The molecule has 2 rings (SSSR count). The van der Waals surface area contributed by atoms with E-state index in [0.29, 0.717) is 0 Å². The Labute approximate surface area is 342 Å². The van der Waals surface area contributed by atoms with E-state index in [1.54, 1.807) is 0 Å². The molecule has 1 unspecified atom stereocenters. The molecule has 0 aromatic carbocycles. The Morgan fingerprint density at radius 3 is 1.78 bits per heavy atom. The van der Waals surface area contributed by atoms with Gasteiger partial charge in [-0.05, 0) is 39.5 Å². The number of aliphatic carboxylic acids is 3. The Kier molecular flexibility index (Phi) is 20.6. The van der Waals surface area contributed by atoms with E-state index < -0.39 is 165 Å². The minimum Gasteiger partial charge on any atom is -0.480 e. The molecule has 2 aliphatic rings. The number of aliphatic hydroxyl groups excluding tert-OH is 5. The average molecular weight is 869 g/mol. The molecule has 2 fully saturated rings. The first kappa shape index (κ1) is 51.5. The fourth-order valence-corrected chi connectivity index (χ4v) is 6.24. The molecule has 60 heavy (non-hydrogen) atoms. The normalized spacial score (nSPS) is 29.0. The van der Waals surface area contributed by atoms with Crippen LogP contribution in [0.1, 0.15) is 59.8 Å². The molecule has 2 heterocycles. The van der Waals surface area contributed by atoms with Crippen LogP contribution in [-0.2, 0) is 57.3 Å². The number of carbonyl (C=O) groups excluding carboxylic acids is 5. The zero-order chi connectivity index (χ0) is 45.6. The number of hydrogen-bond acceptors (Lipinski definition) is 18. The predicted molar refractivity (Wildman–Crippen MR) is 196 cm³/mol. The van der Waals surface area contributed by atoms with Crippen LogP contribution in [0.5, 0.6) is 0 Å². The Bertz CT molecular complexity index is 1520. The van der Waals surface area contributed by atoms with E-state index in [2.05, 4.69) is 26.6 Å². The molecule has 26 nitrogen and oxygen atoms in total. The van der Waals surface area contributed by atoms with Gasteiger partial charge in [-0.2, -0.15) is 0 Å². The van der Waals surface area contributed by atoms with Crippen molar-refractivity contribution in [3.8, 4) is 0 Å². The van der Waals surface area contributed by atoms with Crippen molar-refractivity contribution in [2.45, 2.75) is 151 Å². The molecular formula is C34H56N6O20. The number of carbonyl (C=O) groups is 8. The Balaban J connectivity index is 2.18. The molecule has 15 atom stereocenters. The predicted octanol–water partition coefficient (Wildman–Crippen LogP) is -6.69. The summed E-state index contributed by atoms with van der Waals surface area (Å²) < 4.78 is 23.0. The van der Waals surface area contributed by atoms with E-state index >= 15 is 0 Å². The zero-order valence-electron chi connectivity index (χ0n) is 33.2. The van der Waals surface area contributed by atoms with Gasteiger partial charge in [0.15, 0.2) is 12.6 Å². The van der Waals surface area contributed by atoms with Crippen molar-refractivity contribution in [3.05, 3.63) is 0 Å². The van der Waals surface area contributed by atoms with Crippen molar-refractivity contribution in [1.82, 2.24) is 26.6 Å². The fourth-order valence-electron chi connectivity index (χ4n) is 6.24. The van der Waals surface area contributed by atoms with Crippen LogP contribution in [-0.4, -0.2) is 193 Å². The lowest BCUT2D eigenvalue weighted by atomic mass is 9.94. The van der Waals surface area contributed by atoms with Gasteiger partial charge in [-0.1, -0.05) is 0 Å². The number of aliphatic hydroxyl groups is 5. The van der Waals surface area contributed by atoms with E-state index in [4.69, 9.17) is 29.8 Å². The number of nitrogens with two attached hydrogens (primary N) is 1. The second kappa shape index (κ2) is 24.0. The molecule has 0 bridgehead atoms. The molecule has 5 amide bonds. The number of carboxylic acids is 3. The third-order valence-corrected chi connectivity index (χ3v) is 9.47. The lowest BCUT2D eigenvalue weighted by Crippen LogP contribution is -2.70. The highest BCUT2D eigenvalue weighted by Crippen LogP contribution is 2.31. The molecule has 0 radical (unpaired) electrons. The zero-order valence-corrected chi connectivity index (χ0v) is 33.2. The van der Waals surface area contributed by atoms with Crippen molar-refractivity contribution in [1.29, 1.82) is 0 Å². The van der Waals surface area contributed by atoms with Gasteiger partial charge >= 0.3 is 17.9 Å². The van der Waals surface area contributed by atoms with Crippen LogP contribution in [0.3, 0.4) is 0 Å². The maximum absolute atomic E-state index is 13.4. The Morgan fingerprint density at radius 1 is 0.683 bits per heavy atom. The lowest BCUT2D eigenvalue weighted by Gasteiger charge is -2.48. The number of rotatable bonds is 23. The minimum absolute atomic E-state index is 0.0363. The van der Waals surface area contributed by atoms with Gasteiger partial charge < -0.3 is 92.1 Å². The van der Waals surface area contributed by atoms with Gasteiger partial charge in [0.05, 0.1) is 13.2 Å². The van der Waals surface area contributed by atoms with Gasteiger partial charge in [-0.15, -0.1) is 0 Å². The molecule has 0 spiro atoms. The molecular weight excluding hydrogens is 812 g/mol. The fraction of sp³-hybridized carbons (Fsp3) is 0.765. The van der Waals surface area contributed by atoms with Gasteiger partial charge in [-0.3, -0.25) is 28.8 Å². The topological polar surface area (TPSA) is 421 Å². The molecule has 2 aliphatic heterocycles. The van der Waals surface area contributed by atoms with Crippen LogP contribution < -0.4 is 32.3 Å². The summed E-state index contributed by atoms with van der Waals surface area (Å²) in [6.07, 6.45) is -16.1. The van der Waals surface area contributed by atoms with Gasteiger partial charge in [0.25, 0.3) is 0 Å². The molecule has 0 aliphatic carbocycles. The second-order valence-electron chi connectivity index (χ2n) is 14.3. The van der Waals surface area contributed by atoms with Crippen LogP contribution in [0.2, 0.25) is 0 Å². The number of nitrogens with one attached hydrogen (secondary N) is 5. The van der Waals surface area contributed by atoms with Crippen LogP contribution in [0.15, 0.2) is 0 Å². The van der Waals surface area contributed by atoms with Crippen molar-refractivity contribution < 1.29 is 98.2 Å². The van der Waals surface area contributed by atoms with Crippen molar-refractivity contribution in [3.63, 3.8) is 0 Å². The van der Waals surface area contributed by atoms with Crippen molar-refractivity contribution >= 4 is 47.4 Å². The van der Waals surface area contributed by atoms with E-state index in [0.717, 1.165) is 13.8 Å². The molecule has 0 aromatic rings. The summed E-state index contributed by atoms with van der Waals surface area (Å²) in [7, 11) is 0. The van der Waals surface area contributed by atoms with Gasteiger partial charge in [0.1, 0.15) is 79.0 Å². The summed E-state index contributed by atoms with van der Waals surface area (Å²) in [5, 5.41) is 91.3. The van der Waals surface area contributed by atoms with E-state index in [-0.39, 0.29) is 19.3 Å². The first-order valence-electron chi connectivity index (χ1n) is 18.8. The molecule has 0 saturated carbocycles. The lowest BCUT2D eigenvalue weighted by molar-refractivity contribution is -0.333. The largest absolute Gasteiger partial charge is 0.480 e. The van der Waals surface area contributed by atoms with Crippen LogP contribution in [0.25, 0.3) is 0 Å². The van der Waals surface area contributed by atoms with Crippen LogP contribution in [0, 0.1) is 0 Å². The Hall–Kier alpha value is -4.64. The maximum Gasteiger partial charge on any atom is 0.326 e. The summed E-state index contributed by atoms with van der Waals surface area (Å²) in [4.78, 5) is 97.5. The van der Waals surface area contributed by atoms with E-state index in [1.165, 1.54) is 13.8 Å². The van der Waals surface area contributed by atoms with Crippen molar-refractivity contribution in [2.75, 3.05) is 13.2 Å². The Morgan fingerprint density at radius 2 is 1.25 bits per heavy atom. The summed E-state index contributed by atoms with van der Waals surface area (Å²) in [6.45, 7) is 2.80. The average Bonchev–Trinajstić information content (AvgIpc) is 3.16.